The van der Waals surface area contributed by atoms with Crippen molar-refractivity contribution in [3.8, 4) is 11.5 Å². The van der Waals surface area contributed by atoms with Crippen LogP contribution in [0.4, 0.5) is 5.69 Å². The molecule has 0 radical (unpaired) electrons. The molecule has 5 heteroatoms. The zero-order valence-electron chi connectivity index (χ0n) is 12.5. The number of rotatable bonds is 4. The van der Waals surface area contributed by atoms with Crippen LogP contribution in [0.2, 0.25) is 0 Å². The number of hydrogen-bond donors (Lipinski definition) is 1. The summed E-state index contributed by atoms with van der Waals surface area (Å²) in [7, 11) is 3.31. The summed E-state index contributed by atoms with van der Waals surface area (Å²) in [5.74, 6) is 3.23. The van der Waals surface area contributed by atoms with Crippen LogP contribution in [0.25, 0.3) is 0 Å². The van der Waals surface area contributed by atoms with Gasteiger partial charge in [-0.1, -0.05) is 25.6 Å². The molecular formula is C15H22N2O2S. The van der Waals surface area contributed by atoms with Gasteiger partial charge in [-0.2, -0.15) is 0 Å². The van der Waals surface area contributed by atoms with Crippen LogP contribution in [-0.4, -0.2) is 31.2 Å². The molecule has 0 saturated heterocycles. The van der Waals surface area contributed by atoms with E-state index in [2.05, 4.69) is 19.2 Å². The van der Waals surface area contributed by atoms with Crippen molar-refractivity contribution in [2.45, 2.75) is 26.3 Å². The Labute approximate surface area is 125 Å². The molecule has 1 atom stereocenters. The molecule has 1 aromatic carbocycles. The van der Waals surface area contributed by atoms with Gasteiger partial charge in [0.25, 0.3) is 0 Å². The number of methoxy groups -OCH3 is 2. The lowest BCUT2D eigenvalue weighted by Crippen LogP contribution is -2.24. The van der Waals surface area contributed by atoms with Gasteiger partial charge < -0.3 is 14.8 Å². The third-order valence-electron chi connectivity index (χ3n) is 3.36. The molecule has 1 heterocycles. The van der Waals surface area contributed by atoms with Gasteiger partial charge in [0, 0.05) is 11.8 Å². The normalized spacial score (nSPS) is 18.6. The van der Waals surface area contributed by atoms with Crippen molar-refractivity contribution >= 4 is 22.6 Å². The fourth-order valence-electron chi connectivity index (χ4n) is 2.10. The number of nitrogens with one attached hydrogen (secondary N) is 1. The average molecular weight is 294 g/mol. The molecule has 20 heavy (non-hydrogen) atoms. The predicted molar refractivity (Wildman–Crippen MR) is 86.3 cm³/mol. The van der Waals surface area contributed by atoms with Gasteiger partial charge in [-0.15, -0.1) is 0 Å². The van der Waals surface area contributed by atoms with Crippen molar-refractivity contribution in [1.82, 2.24) is 0 Å². The van der Waals surface area contributed by atoms with E-state index >= 15 is 0 Å². The van der Waals surface area contributed by atoms with Crippen LogP contribution in [0, 0.1) is 5.92 Å². The topological polar surface area (TPSA) is 42.8 Å². The van der Waals surface area contributed by atoms with Crippen molar-refractivity contribution in [2.24, 2.45) is 10.9 Å². The first-order valence-corrected chi connectivity index (χ1v) is 7.82. The zero-order chi connectivity index (χ0) is 14.5. The molecule has 1 aliphatic rings. The second kappa shape index (κ2) is 6.88. The smallest absolute Gasteiger partial charge is 0.161 e. The van der Waals surface area contributed by atoms with E-state index in [-0.39, 0.29) is 0 Å². The van der Waals surface area contributed by atoms with Crippen LogP contribution in [-0.2, 0) is 0 Å². The van der Waals surface area contributed by atoms with Gasteiger partial charge in [0.05, 0.1) is 25.9 Å². The van der Waals surface area contributed by atoms with E-state index in [4.69, 9.17) is 14.5 Å². The fourth-order valence-corrected chi connectivity index (χ4v) is 3.04. The molecule has 0 aliphatic carbocycles. The quantitative estimate of drug-likeness (QED) is 0.921. The minimum Gasteiger partial charge on any atom is -0.497 e. The molecule has 1 unspecified atom stereocenters. The van der Waals surface area contributed by atoms with E-state index in [0.29, 0.717) is 12.0 Å². The van der Waals surface area contributed by atoms with E-state index in [1.54, 1.807) is 26.0 Å². The standard InChI is InChI=1S/C15H22N2O2S/c1-10(2)12-7-8-20-15(16-12)17-13-6-5-11(18-3)9-14(13)19-4/h5-6,9-10,12H,7-8H2,1-4H3,(H,16,17). The van der Waals surface area contributed by atoms with Crippen LogP contribution in [0.3, 0.4) is 0 Å². The molecule has 0 saturated carbocycles. The van der Waals surface area contributed by atoms with Crippen molar-refractivity contribution in [3.63, 3.8) is 0 Å². The van der Waals surface area contributed by atoms with Crippen LogP contribution in [0.15, 0.2) is 23.2 Å². The number of hydrogen-bond acceptors (Lipinski definition) is 5. The van der Waals surface area contributed by atoms with Crippen LogP contribution in [0.1, 0.15) is 20.3 Å². The second-order valence-electron chi connectivity index (χ2n) is 5.07. The van der Waals surface area contributed by atoms with E-state index in [1.807, 2.05) is 18.2 Å². The molecule has 1 aromatic rings. The van der Waals surface area contributed by atoms with Gasteiger partial charge in [-0.25, -0.2) is 0 Å². The number of aliphatic imine (C=N–C) groups is 1. The maximum atomic E-state index is 5.40. The first kappa shape index (κ1) is 15.0. The van der Waals surface area contributed by atoms with Gasteiger partial charge in [0.1, 0.15) is 11.5 Å². The molecule has 0 amide bonds. The summed E-state index contributed by atoms with van der Waals surface area (Å²) < 4.78 is 10.6. The number of benzene rings is 1. The molecule has 0 bridgehead atoms. The third-order valence-corrected chi connectivity index (χ3v) is 4.28. The fraction of sp³-hybridized carbons (Fsp3) is 0.533. The third kappa shape index (κ3) is 3.60. The molecule has 1 aliphatic heterocycles. The number of amidine groups is 1. The Bertz CT molecular complexity index is 489. The Hall–Kier alpha value is -1.36. The number of thioether (sulfide) groups is 1. The first-order valence-electron chi connectivity index (χ1n) is 6.83. The maximum Gasteiger partial charge on any atom is 0.161 e. The Morgan fingerprint density at radius 2 is 2.10 bits per heavy atom. The van der Waals surface area contributed by atoms with Gasteiger partial charge in [0.15, 0.2) is 5.17 Å². The molecule has 0 spiro atoms. The molecule has 2 rings (SSSR count). The monoisotopic (exact) mass is 294 g/mol. The summed E-state index contributed by atoms with van der Waals surface area (Å²) in [6, 6.07) is 6.15. The Morgan fingerprint density at radius 3 is 2.75 bits per heavy atom. The highest BCUT2D eigenvalue weighted by Crippen LogP contribution is 2.31. The number of nitrogens with zero attached hydrogens (tertiary/aromatic N) is 1. The lowest BCUT2D eigenvalue weighted by Gasteiger charge is -2.23. The molecular weight excluding hydrogens is 272 g/mol. The summed E-state index contributed by atoms with van der Waals surface area (Å²) in [4.78, 5) is 4.78. The van der Waals surface area contributed by atoms with E-state index < -0.39 is 0 Å². The summed E-state index contributed by atoms with van der Waals surface area (Å²) in [6.07, 6.45) is 1.15. The lowest BCUT2D eigenvalue weighted by atomic mass is 10.0. The SMILES string of the molecule is COc1ccc(NC2=NC(C(C)C)CCS2)c(OC)c1. The Balaban J connectivity index is 2.17. The van der Waals surface area contributed by atoms with Gasteiger partial charge in [-0.05, 0) is 24.5 Å². The molecule has 110 valence electrons. The largest absolute Gasteiger partial charge is 0.497 e. The van der Waals surface area contributed by atoms with Gasteiger partial charge >= 0.3 is 0 Å². The molecule has 0 aromatic heterocycles. The van der Waals surface area contributed by atoms with Gasteiger partial charge in [-0.3, -0.25) is 4.99 Å². The maximum absolute atomic E-state index is 5.40. The second-order valence-corrected chi connectivity index (χ2v) is 6.16. The molecule has 1 N–H and O–H groups in total. The molecule has 4 nitrogen and oxygen atoms in total. The Morgan fingerprint density at radius 1 is 1.30 bits per heavy atom. The van der Waals surface area contributed by atoms with E-state index in [0.717, 1.165) is 34.5 Å². The minimum absolute atomic E-state index is 0.406. The summed E-state index contributed by atoms with van der Waals surface area (Å²) in [5, 5.41) is 4.34. The first-order chi connectivity index (χ1) is 9.63. The van der Waals surface area contributed by atoms with E-state index in [1.165, 1.54) is 0 Å². The highest BCUT2D eigenvalue weighted by molar-refractivity contribution is 8.14. The average Bonchev–Trinajstić information content (AvgIpc) is 2.48. The summed E-state index contributed by atoms with van der Waals surface area (Å²) in [5.41, 5.74) is 0.920. The number of anilines is 1. The van der Waals surface area contributed by atoms with Crippen LogP contribution < -0.4 is 14.8 Å². The van der Waals surface area contributed by atoms with E-state index in [9.17, 15) is 0 Å². The van der Waals surface area contributed by atoms with Crippen molar-refractivity contribution in [2.75, 3.05) is 25.3 Å². The molecule has 0 fully saturated rings. The van der Waals surface area contributed by atoms with Crippen molar-refractivity contribution in [1.29, 1.82) is 0 Å². The lowest BCUT2D eigenvalue weighted by molar-refractivity contribution is 0.395. The van der Waals surface area contributed by atoms with Crippen molar-refractivity contribution in [3.05, 3.63) is 18.2 Å². The predicted octanol–water partition coefficient (Wildman–Crippen LogP) is 3.63. The van der Waals surface area contributed by atoms with Crippen LogP contribution >= 0.6 is 11.8 Å². The Kier molecular flexibility index (Phi) is 5.17. The zero-order valence-corrected chi connectivity index (χ0v) is 13.3. The highest BCUT2D eigenvalue weighted by Gasteiger charge is 2.19. The summed E-state index contributed by atoms with van der Waals surface area (Å²) in [6.45, 7) is 4.44. The van der Waals surface area contributed by atoms with Crippen LogP contribution in [0.5, 0.6) is 11.5 Å². The van der Waals surface area contributed by atoms with Gasteiger partial charge in [0.2, 0.25) is 0 Å². The number of ether oxygens (including phenoxy) is 2. The minimum atomic E-state index is 0.406. The van der Waals surface area contributed by atoms with Crippen molar-refractivity contribution < 1.29 is 9.47 Å². The summed E-state index contributed by atoms with van der Waals surface area (Å²) >= 11 is 1.76. The highest BCUT2D eigenvalue weighted by atomic mass is 32.2.